The summed E-state index contributed by atoms with van der Waals surface area (Å²) in [6.07, 6.45) is -3.81. The third kappa shape index (κ3) is 2.98. The zero-order valence-electron chi connectivity index (χ0n) is 11.0. The van der Waals surface area contributed by atoms with Gasteiger partial charge in [-0.2, -0.15) is 13.2 Å². The van der Waals surface area contributed by atoms with E-state index in [4.69, 9.17) is 16.3 Å². The van der Waals surface area contributed by atoms with Gasteiger partial charge in [0.15, 0.2) is 0 Å². The molecule has 0 N–H and O–H groups in total. The van der Waals surface area contributed by atoms with Crippen LogP contribution in [0.4, 0.5) is 13.2 Å². The molecule has 0 amide bonds. The number of halogens is 4. The normalized spacial score (nSPS) is 11.9. The van der Waals surface area contributed by atoms with Gasteiger partial charge < -0.3 is 4.74 Å². The number of pyridine rings is 1. The Morgan fingerprint density at radius 2 is 1.95 bits per heavy atom. The fourth-order valence-electron chi connectivity index (χ4n) is 1.90. The van der Waals surface area contributed by atoms with E-state index in [1.807, 2.05) is 6.92 Å². The number of fused-ring (bicyclic) bond motifs is 1. The highest BCUT2D eigenvalue weighted by atomic mass is 35.5. The van der Waals surface area contributed by atoms with Crippen LogP contribution in [0.3, 0.4) is 0 Å². The van der Waals surface area contributed by atoms with Crippen molar-refractivity contribution in [1.82, 2.24) is 4.98 Å². The van der Waals surface area contributed by atoms with Crippen molar-refractivity contribution < 1.29 is 17.9 Å². The summed E-state index contributed by atoms with van der Waals surface area (Å²) in [5, 5.41) is 0.939. The summed E-state index contributed by atoms with van der Waals surface area (Å²) in [5.41, 5.74) is -0.114. The predicted molar refractivity (Wildman–Crippen MR) is 72.3 cm³/mol. The smallest absolute Gasteiger partial charge is 0.433 e. The van der Waals surface area contributed by atoms with Crippen LogP contribution in [0.15, 0.2) is 18.2 Å². The Morgan fingerprint density at radius 3 is 2.55 bits per heavy atom. The number of ether oxygens (including phenoxy) is 1. The first-order valence-corrected chi connectivity index (χ1v) is 6.51. The van der Waals surface area contributed by atoms with Crippen LogP contribution in [0.5, 0.6) is 5.75 Å². The van der Waals surface area contributed by atoms with Crippen molar-refractivity contribution in [2.24, 2.45) is 0 Å². The van der Waals surface area contributed by atoms with E-state index < -0.39 is 11.9 Å². The molecule has 2 aromatic rings. The first-order chi connectivity index (χ1) is 9.32. The van der Waals surface area contributed by atoms with E-state index in [-0.39, 0.29) is 11.3 Å². The first-order valence-electron chi connectivity index (χ1n) is 6.14. The molecule has 0 aliphatic rings. The lowest BCUT2D eigenvalue weighted by Crippen LogP contribution is -2.09. The second kappa shape index (κ2) is 5.48. The molecule has 108 valence electrons. The molecule has 6 heteroatoms. The van der Waals surface area contributed by atoms with Gasteiger partial charge in [-0.25, -0.2) is 4.98 Å². The van der Waals surface area contributed by atoms with Crippen molar-refractivity contribution in [3.05, 3.63) is 34.5 Å². The van der Waals surface area contributed by atoms with Crippen LogP contribution >= 0.6 is 11.6 Å². The molecular weight excluding hydrogens is 291 g/mol. The van der Waals surface area contributed by atoms with Crippen LogP contribution in [-0.2, 0) is 6.18 Å². The number of hydrogen-bond donors (Lipinski definition) is 0. The van der Waals surface area contributed by atoms with Crippen molar-refractivity contribution in [3.8, 4) is 5.75 Å². The number of nitrogens with zero attached hydrogens (tertiary/aromatic N) is 1. The SMILES string of the molecule is CCCOc1cc(C(F)(F)F)nc2c(C)cc(Cl)cc12. The Morgan fingerprint density at radius 1 is 1.25 bits per heavy atom. The monoisotopic (exact) mass is 303 g/mol. The first kappa shape index (κ1) is 14.9. The summed E-state index contributed by atoms with van der Waals surface area (Å²) in [7, 11) is 0. The van der Waals surface area contributed by atoms with Crippen molar-refractivity contribution in [1.29, 1.82) is 0 Å². The number of aromatic nitrogens is 1. The Kier molecular flexibility index (Phi) is 4.09. The van der Waals surface area contributed by atoms with Gasteiger partial charge in [0.2, 0.25) is 0 Å². The van der Waals surface area contributed by atoms with Gasteiger partial charge in [-0.15, -0.1) is 0 Å². The van der Waals surface area contributed by atoms with Crippen LogP contribution in [0.2, 0.25) is 5.02 Å². The molecule has 1 heterocycles. The van der Waals surface area contributed by atoms with Crippen LogP contribution in [0.25, 0.3) is 10.9 Å². The number of alkyl halides is 3. The third-order valence-electron chi connectivity index (χ3n) is 2.78. The number of benzene rings is 1. The molecule has 0 unspecified atom stereocenters. The Balaban J connectivity index is 2.71. The van der Waals surface area contributed by atoms with Crippen LogP contribution in [0, 0.1) is 6.92 Å². The fraction of sp³-hybridized carbons (Fsp3) is 0.357. The highest BCUT2D eigenvalue weighted by molar-refractivity contribution is 6.31. The lowest BCUT2D eigenvalue weighted by Gasteiger charge is -2.14. The molecule has 20 heavy (non-hydrogen) atoms. The molecule has 0 fully saturated rings. The highest BCUT2D eigenvalue weighted by Crippen LogP contribution is 2.36. The summed E-state index contributed by atoms with van der Waals surface area (Å²) >= 11 is 5.95. The summed E-state index contributed by atoms with van der Waals surface area (Å²) in [4.78, 5) is 3.69. The Hall–Kier alpha value is -1.49. The van der Waals surface area contributed by atoms with Gasteiger partial charge in [-0.3, -0.25) is 0 Å². The molecule has 0 bridgehead atoms. The minimum atomic E-state index is -4.51. The van der Waals surface area contributed by atoms with Crippen molar-refractivity contribution in [3.63, 3.8) is 0 Å². The van der Waals surface area contributed by atoms with Gasteiger partial charge in [0, 0.05) is 16.5 Å². The molecule has 0 aliphatic heterocycles. The molecule has 0 spiro atoms. The molecule has 0 saturated carbocycles. The van der Waals surface area contributed by atoms with Gasteiger partial charge >= 0.3 is 6.18 Å². The number of hydrogen-bond acceptors (Lipinski definition) is 2. The fourth-order valence-corrected chi connectivity index (χ4v) is 2.18. The van der Waals surface area contributed by atoms with Crippen LogP contribution in [-0.4, -0.2) is 11.6 Å². The van der Waals surface area contributed by atoms with Gasteiger partial charge in [0.1, 0.15) is 11.4 Å². The standard InChI is InChI=1S/C14H13ClF3NO/c1-3-4-20-11-7-12(14(16,17)18)19-13-8(2)5-9(15)6-10(11)13/h5-7H,3-4H2,1-2H3. The largest absolute Gasteiger partial charge is 0.493 e. The van der Waals surface area contributed by atoms with Crippen molar-refractivity contribution >= 4 is 22.5 Å². The lowest BCUT2D eigenvalue weighted by molar-refractivity contribution is -0.141. The van der Waals surface area contributed by atoms with Gasteiger partial charge in [-0.05, 0) is 31.0 Å². The van der Waals surface area contributed by atoms with E-state index in [1.54, 1.807) is 19.1 Å². The van der Waals surface area contributed by atoms with Gasteiger partial charge in [-0.1, -0.05) is 18.5 Å². The molecule has 0 aliphatic carbocycles. The van der Waals surface area contributed by atoms with E-state index in [0.717, 1.165) is 6.07 Å². The Labute approximate surface area is 119 Å². The Bertz CT molecular complexity index is 640. The summed E-state index contributed by atoms with van der Waals surface area (Å²) in [6.45, 7) is 3.89. The van der Waals surface area contributed by atoms with Crippen LogP contribution < -0.4 is 4.74 Å². The minimum absolute atomic E-state index is 0.162. The average molecular weight is 304 g/mol. The van der Waals surface area contributed by atoms with E-state index in [1.165, 1.54) is 0 Å². The van der Waals surface area contributed by atoms with E-state index in [0.29, 0.717) is 29.0 Å². The zero-order chi connectivity index (χ0) is 14.9. The summed E-state index contributed by atoms with van der Waals surface area (Å²) in [5.74, 6) is 0.162. The predicted octanol–water partition coefficient (Wildman–Crippen LogP) is 5.00. The number of aryl methyl sites for hydroxylation is 1. The van der Waals surface area contributed by atoms with E-state index in [2.05, 4.69) is 4.98 Å². The zero-order valence-corrected chi connectivity index (χ0v) is 11.8. The maximum Gasteiger partial charge on any atom is 0.433 e. The summed E-state index contributed by atoms with van der Waals surface area (Å²) < 4.78 is 44.1. The molecular formula is C14H13ClF3NO. The van der Waals surface area contributed by atoms with Crippen LogP contribution in [0.1, 0.15) is 24.6 Å². The maximum atomic E-state index is 12.9. The topological polar surface area (TPSA) is 22.1 Å². The second-order valence-electron chi connectivity index (χ2n) is 4.47. The molecule has 0 atom stereocenters. The lowest BCUT2D eigenvalue weighted by atomic mass is 10.1. The van der Waals surface area contributed by atoms with Gasteiger partial charge in [0.25, 0.3) is 0 Å². The molecule has 2 rings (SSSR count). The quantitative estimate of drug-likeness (QED) is 0.795. The van der Waals surface area contributed by atoms with E-state index in [9.17, 15) is 13.2 Å². The van der Waals surface area contributed by atoms with Gasteiger partial charge in [0.05, 0.1) is 12.1 Å². The maximum absolute atomic E-state index is 12.9. The molecule has 2 nitrogen and oxygen atoms in total. The molecule has 0 radical (unpaired) electrons. The van der Waals surface area contributed by atoms with Crippen molar-refractivity contribution in [2.75, 3.05) is 6.61 Å². The third-order valence-corrected chi connectivity index (χ3v) is 3.00. The molecule has 1 aromatic heterocycles. The number of rotatable bonds is 3. The second-order valence-corrected chi connectivity index (χ2v) is 4.91. The minimum Gasteiger partial charge on any atom is -0.493 e. The molecule has 1 aromatic carbocycles. The average Bonchev–Trinajstić information content (AvgIpc) is 2.34. The highest BCUT2D eigenvalue weighted by Gasteiger charge is 2.34. The van der Waals surface area contributed by atoms with E-state index >= 15 is 0 Å². The van der Waals surface area contributed by atoms with Crippen molar-refractivity contribution in [2.45, 2.75) is 26.4 Å². The summed E-state index contributed by atoms with van der Waals surface area (Å²) in [6, 6.07) is 4.08. The molecule has 0 saturated heterocycles.